The van der Waals surface area contributed by atoms with Gasteiger partial charge in [0.15, 0.2) is 12.1 Å². The highest BCUT2D eigenvalue weighted by atomic mass is 32.2. The third-order valence-corrected chi connectivity index (χ3v) is 6.36. The van der Waals surface area contributed by atoms with Crippen molar-refractivity contribution in [1.29, 1.82) is 0 Å². The summed E-state index contributed by atoms with van der Waals surface area (Å²) in [6, 6.07) is 16.2. The van der Waals surface area contributed by atoms with Crippen LogP contribution in [0.2, 0.25) is 0 Å². The molecule has 0 radical (unpaired) electrons. The van der Waals surface area contributed by atoms with Gasteiger partial charge in [0.2, 0.25) is 0 Å². The van der Waals surface area contributed by atoms with Crippen molar-refractivity contribution in [3.8, 4) is 0 Å². The van der Waals surface area contributed by atoms with Crippen LogP contribution in [0.3, 0.4) is 0 Å². The molecule has 2 saturated heterocycles. The van der Waals surface area contributed by atoms with E-state index in [0.717, 1.165) is 11.1 Å². The summed E-state index contributed by atoms with van der Waals surface area (Å²) in [5.41, 5.74) is 1.96. The van der Waals surface area contributed by atoms with Gasteiger partial charge in [-0.25, -0.2) is 0 Å². The fourth-order valence-corrected chi connectivity index (χ4v) is 4.51. The van der Waals surface area contributed by atoms with Crippen LogP contribution < -0.4 is 0 Å². The predicted molar refractivity (Wildman–Crippen MR) is 108 cm³/mol. The standard InChI is InChI=1S/C22H26O7S/c1-15-9-11-17(12-10-15)30(23,24)26-14-18-19-20(29-22(2,3)28-19)21(27-18)25-13-16-7-5-4-6-8-16/h4-12,18-21H,13-14H2,1-3H3. The van der Waals surface area contributed by atoms with Crippen LogP contribution in [0.25, 0.3) is 0 Å². The summed E-state index contributed by atoms with van der Waals surface area (Å²) in [6.07, 6.45) is -2.29. The maximum absolute atomic E-state index is 12.5. The second-order valence-corrected chi connectivity index (χ2v) is 9.57. The molecule has 0 aliphatic carbocycles. The molecule has 0 saturated carbocycles. The number of rotatable bonds is 7. The van der Waals surface area contributed by atoms with Crippen LogP contribution in [0.4, 0.5) is 0 Å². The molecule has 0 spiro atoms. The fraction of sp³-hybridized carbons (Fsp3) is 0.455. The molecule has 7 nitrogen and oxygen atoms in total. The van der Waals surface area contributed by atoms with Crippen LogP contribution in [0, 0.1) is 6.92 Å². The third kappa shape index (κ3) is 4.74. The van der Waals surface area contributed by atoms with Crippen LogP contribution in [0.1, 0.15) is 25.0 Å². The van der Waals surface area contributed by atoms with E-state index in [9.17, 15) is 8.42 Å². The molecule has 2 aliphatic heterocycles. The van der Waals surface area contributed by atoms with Gasteiger partial charge < -0.3 is 18.9 Å². The summed E-state index contributed by atoms with van der Waals surface area (Å²) in [6.45, 7) is 5.65. The summed E-state index contributed by atoms with van der Waals surface area (Å²) in [4.78, 5) is 0.100. The van der Waals surface area contributed by atoms with E-state index in [4.69, 9.17) is 23.1 Å². The highest BCUT2D eigenvalue weighted by Gasteiger charge is 2.56. The van der Waals surface area contributed by atoms with Gasteiger partial charge in [-0.2, -0.15) is 8.42 Å². The van der Waals surface area contributed by atoms with Crippen LogP contribution in [0.5, 0.6) is 0 Å². The lowest BCUT2D eigenvalue weighted by Crippen LogP contribution is -2.33. The first-order valence-electron chi connectivity index (χ1n) is 9.86. The number of hydrogen-bond acceptors (Lipinski definition) is 7. The average molecular weight is 435 g/mol. The second-order valence-electron chi connectivity index (χ2n) is 7.96. The van der Waals surface area contributed by atoms with Crippen molar-refractivity contribution in [2.75, 3.05) is 6.61 Å². The van der Waals surface area contributed by atoms with Gasteiger partial charge in [0.05, 0.1) is 18.1 Å². The third-order valence-electron chi connectivity index (χ3n) is 5.06. The average Bonchev–Trinajstić information content (AvgIpc) is 3.19. The predicted octanol–water partition coefficient (Wildman–Crippen LogP) is 3.16. The molecule has 4 rings (SSSR count). The molecule has 2 aromatic rings. The van der Waals surface area contributed by atoms with Gasteiger partial charge >= 0.3 is 0 Å². The molecule has 30 heavy (non-hydrogen) atoms. The summed E-state index contributed by atoms with van der Waals surface area (Å²) in [5.74, 6) is -0.818. The Morgan fingerprint density at radius 2 is 1.63 bits per heavy atom. The monoisotopic (exact) mass is 434 g/mol. The Morgan fingerprint density at radius 3 is 2.33 bits per heavy atom. The summed E-state index contributed by atoms with van der Waals surface area (Å²) >= 11 is 0. The first-order chi connectivity index (χ1) is 14.2. The molecule has 0 N–H and O–H groups in total. The molecular formula is C22H26O7S. The number of fused-ring (bicyclic) bond motifs is 1. The summed E-state index contributed by atoms with van der Waals surface area (Å²) in [7, 11) is -3.91. The van der Waals surface area contributed by atoms with E-state index in [1.54, 1.807) is 26.0 Å². The lowest BCUT2D eigenvalue weighted by atomic mass is 10.1. The van der Waals surface area contributed by atoms with E-state index in [1.165, 1.54) is 12.1 Å². The van der Waals surface area contributed by atoms with Crippen molar-refractivity contribution in [3.05, 3.63) is 65.7 Å². The van der Waals surface area contributed by atoms with Crippen molar-refractivity contribution in [2.24, 2.45) is 0 Å². The molecule has 2 aromatic carbocycles. The van der Waals surface area contributed by atoms with E-state index in [-0.39, 0.29) is 11.5 Å². The Balaban J connectivity index is 1.43. The lowest BCUT2D eigenvalue weighted by molar-refractivity contribution is -0.238. The molecule has 2 aliphatic rings. The van der Waals surface area contributed by atoms with E-state index < -0.39 is 40.5 Å². The Kier molecular flexibility index (Phi) is 5.98. The van der Waals surface area contributed by atoms with Gasteiger partial charge in [0, 0.05) is 0 Å². The van der Waals surface area contributed by atoms with Crippen molar-refractivity contribution in [1.82, 2.24) is 0 Å². The Hall–Kier alpha value is -1.81. The molecule has 2 fully saturated rings. The Labute approximate surface area is 177 Å². The lowest BCUT2D eigenvalue weighted by Gasteiger charge is -2.24. The number of benzene rings is 2. The van der Waals surface area contributed by atoms with E-state index in [0.29, 0.717) is 6.61 Å². The number of ether oxygens (including phenoxy) is 4. The molecular weight excluding hydrogens is 408 g/mol. The minimum Gasteiger partial charge on any atom is -0.345 e. The summed E-state index contributed by atoms with van der Waals surface area (Å²) < 4.78 is 54.1. The van der Waals surface area contributed by atoms with Crippen molar-refractivity contribution >= 4 is 10.1 Å². The van der Waals surface area contributed by atoms with E-state index in [1.807, 2.05) is 37.3 Å². The van der Waals surface area contributed by atoms with Crippen molar-refractivity contribution in [2.45, 2.75) is 62.7 Å². The Bertz CT molecular complexity index is 957. The zero-order valence-corrected chi connectivity index (χ0v) is 18.0. The topological polar surface area (TPSA) is 80.3 Å². The Morgan fingerprint density at radius 1 is 0.967 bits per heavy atom. The van der Waals surface area contributed by atoms with Crippen LogP contribution in [-0.2, 0) is 39.9 Å². The first kappa shape index (κ1) is 21.4. The molecule has 4 atom stereocenters. The zero-order chi connectivity index (χ0) is 21.4. The summed E-state index contributed by atoms with van der Waals surface area (Å²) in [5, 5.41) is 0. The molecule has 162 valence electrons. The number of aryl methyl sites for hydroxylation is 1. The first-order valence-corrected chi connectivity index (χ1v) is 11.3. The van der Waals surface area contributed by atoms with E-state index >= 15 is 0 Å². The van der Waals surface area contributed by atoms with Crippen LogP contribution in [-0.4, -0.2) is 45.4 Å². The van der Waals surface area contributed by atoms with Gasteiger partial charge in [-0.15, -0.1) is 0 Å². The SMILES string of the molecule is Cc1ccc(S(=O)(=O)OCC2OC(OCc3ccccc3)C3OC(C)(C)OC23)cc1. The van der Waals surface area contributed by atoms with Crippen LogP contribution in [0.15, 0.2) is 59.5 Å². The largest absolute Gasteiger partial charge is 0.345 e. The quantitative estimate of drug-likeness (QED) is 0.619. The van der Waals surface area contributed by atoms with Crippen molar-refractivity contribution in [3.63, 3.8) is 0 Å². The molecule has 2 heterocycles. The van der Waals surface area contributed by atoms with E-state index in [2.05, 4.69) is 0 Å². The molecule has 0 amide bonds. The second kappa shape index (κ2) is 8.37. The van der Waals surface area contributed by atoms with Crippen LogP contribution >= 0.6 is 0 Å². The smallest absolute Gasteiger partial charge is 0.297 e. The zero-order valence-electron chi connectivity index (χ0n) is 17.2. The van der Waals surface area contributed by atoms with Gasteiger partial charge in [0.25, 0.3) is 10.1 Å². The highest BCUT2D eigenvalue weighted by molar-refractivity contribution is 7.86. The fourth-order valence-electron chi connectivity index (χ4n) is 3.59. The minimum absolute atomic E-state index is 0.100. The molecule has 0 aromatic heterocycles. The highest BCUT2D eigenvalue weighted by Crippen LogP contribution is 2.39. The maximum atomic E-state index is 12.5. The molecule has 0 bridgehead atoms. The van der Waals surface area contributed by atoms with Crippen molar-refractivity contribution < 1.29 is 31.5 Å². The van der Waals surface area contributed by atoms with Gasteiger partial charge in [0.1, 0.15) is 18.3 Å². The molecule has 8 heteroatoms. The number of hydrogen-bond donors (Lipinski definition) is 0. The van der Waals surface area contributed by atoms with Gasteiger partial charge in [-0.05, 0) is 38.5 Å². The minimum atomic E-state index is -3.91. The molecule has 4 unspecified atom stereocenters. The normalized spacial score (nSPS) is 27.8. The maximum Gasteiger partial charge on any atom is 0.297 e. The van der Waals surface area contributed by atoms with Gasteiger partial charge in [-0.3, -0.25) is 4.18 Å². The van der Waals surface area contributed by atoms with Gasteiger partial charge in [-0.1, -0.05) is 48.0 Å².